The van der Waals surface area contributed by atoms with E-state index in [1.54, 1.807) is 13.8 Å². The monoisotopic (exact) mass is 445 g/mol. The summed E-state index contributed by atoms with van der Waals surface area (Å²) in [5.74, 6) is -2.83. The average Bonchev–Trinajstić information content (AvgIpc) is 2.79. The maximum Gasteiger partial charge on any atom is 0.441 e. The van der Waals surface area contributed by atoms with Gasteiger partial charge in [0.15, 0.2) is 0 Å². The van der Waals surface area contributed by atoms with Gasteiger partial charge < -0.3 is 15.4 Å². The molecule has 0 fully saturated rings. The van der Waals surface area contributed by atoms with E-state index in [4.69, 9.17) is 4.74 Å². The Morgan fingerprint density at radius 1 is 1.23 bits per heavy atom. The summed E-state index contributed by atoms with van der Waals surface area (Å²) in [6, 6.07) is 1.98. The smallest absolute Gasteiger partial charge is 0.441 e. The quantitative estimate of drug-likeness (QED) is 0.371. The first-order valence-corrected chi connectivity index (χ1v) is 10.7. The number of rotatable bonds is 7. The fourth-order valence-electron chi connectivity index (χ4n) is 3.38. The number of carbonyl (C=O) groups is 2. The van der Waals surface area contributed by atoms with Gasteiger partial charge in [0.1, 0.15) is 11.1 Å². The van der Waals surface area contributed by atoms with Gasteiger partial charge in [0, 0.05) is 11.3 Å². The molecule has 0 spiro atoms. The van der Waals surface area contributed by atoms with Crippen molar-refractivity contribution >= 4 is 28.2 Å². The van der Waals surface area contributed by atoms with Gasteiger partial charge in [-0.05, 0) is 44.1 Å². The van der Waals surface area contributed by atoms with E-state index < -0.39 is 23.7 Å². The minimum Gasteiger partial charge on any atom is -0.463 e. The minimum absolute atomic E-state index is 0.0837. The Labute approximate surface area is 177 Å². The predicted octanol–water partition coefficient (Wildman–Crippen LogP) is 4.28. The molecule has 2 rings (SSSR count). The van der Waals surface area contributed by atoms with Gasteiger partial charge in [-0.2, -0.15) is 18.4 Å². The zero-order valence-electron chi connectivity index (χ0n) is 17.2. The number of ether oxygens (including phenoxy) is 1. The minimum atomic E-state index is -5.21. The Morgan fingerprint density at radius 2 is 1.90 bits per heavy atom. The van der Waals surface area contributed by atoms with Crippen molar-refractivity contribution in [2.45, 2.75) is 71.1 Å². The van der Waals surface area contributed by atoms with Gasteiger partial charge in [0.25, 0.3) is 0 Å². The highest BCUT2D eigenvalue weighted by Gasteiger charge is 2.64. The van der Waals surface area contributed by atoms with Crippen LogP contribution in [0.3, 0.4) is 0 Å². The molecule has 166 valence electrons. The molecule has 0 bridgehead atoms. The number of thiophene rings is 1. The molecule has 30 heavy (non-hydrogen) atoms. The van der Waals surface area contributed by atoms with Crippen molar-refractivity contribution < 1.29 is 27.5 Å². The van der Waals surface area contributed by atoms with Crippen molar-refractivity contribution in [3.05, 3.63) is 16.0 Å². The maximum absolute atomic E-state index is 14.3. The molecule has 1 aliphatic carbocycles. The van der Waals surface area contributed by atoms with E-state index >= 15 is 0 Å². The third kappa shape index (κ3) is 5.06. The Bertz CT molecular complexity index is 830. The first-order chi connectivity index (χ1) is 14.1. The van der Waals surface area contributed by atoms with Crippen LogP contribution in [0.15, 0.2) is 0 Å². The molecule has 2 N–H and O–H groups in total. The van der Waals surface area contributed by atoms with Gasteiger partial charge in [-0.1, -0.05) is 20.3 Å². The van der Waals surface area contributed by atoms with E-state index in [0.717, 1.165) is 41.0 Å². The molecular formula is C20H26F3N3O3S. The Morgan fingerprint density at radius 3 is 2.47 bits per heavy atom. The highest BCUT2D eigenvalue weighted by Crippen LogP contribution is 2.41. The van der Waals surface area contributed by atoms with Crippen molar-refractivity contribution in [2.75, 3.05) is 11.9 Å². The Kier molecular flexibility index (Phi) is 7.75. The van der Waals surface area contributed by atoms with Crippen LogP contribution in [-0.2, 0) is 27.2 Å². The van der Waals surface area contributed by atoms with Crippen molar-refractivity contribution in [2.24, 2.45) is 5.92 Å². The van der Waals surface area contributed by atoms with Crippen molar-refractivity contribution in [3.63, 3.8) is 0 Å². The van der Waals surface area contributed by atoms with Gasteiger partial charge >= 0.3 is 17.8 Å². The van der Waals surface area contributed by atoms with E-state index in [-0.39, 0.29) is 29.5 Å². The fraction of sp³-hybridized carbons (Fsp3) is 0.650. The van der Waals surface area contributed by atoms with E-state index in [2.05, 4.69) is 5.32 Å². The lowest BCUT2D eigenvalue weighted by molar-refractivity contribution is -0.207. The highest BCUT2D eigenvalue weighted by molar-refractivity contribution is 7.16. The van der Waals surface area contributed by atoms with Gasteiger partial charge in [0.05, 0.1) is 12.2 Å². The molecule has 1 heterocycles. The van der Waals surface area contributed by atoms with Gasteiger partial charge in [0.2, 0.25) is 5.91 Å². The number of hydrogen-bond acceptors (Lipinski definition) is 6. The average molecular weight is 446 g/mol. The lowest BCUT2D eigenvalue weighted by atomic mass is 10.0. The number of hydrogen-bond donors (Lipinski definition) is 2. The first-order valence-electron chi connectivity index (χ1n) is 9.93. The van der Waals surface area contributed by atoms with Crippen LogP contribution in [0.25, 0.3) is 0 Å². The summed E-state index contributed by atoms with van der Waals surface area (Å²) >= 11 is 1.03. The van der Waals surface area contributed by atoms with Crippen LogP contribution in [0.1, 0.15) is 62.5 Å². The molecule has 1 aromatic heterocycles. The number of aryl methyl sites for hydroxylation is 1. The third-order valence-corrected chi connectivity index (χ3v) is 5.97. The predicted molar refractivity (Wildman–Crippen MR) is 107 cm³/mol. The molecule has 1 amide bonds. The van der Waals surface area contributed by atoms with Crippen molar-refractivity contribution in [3.8, 4) is 6.07 Å². The summed E-state index contributed by atoms with van der Waals surface area (Å²) in [6.45, 7) is 4.43. The Hall–Kier alpha value is -2.28. The van der Waals surface area contributed by atoms with Crippen LogP contribution >= 0.6 is 11.3 Å². The topological polar surface area (TPSA) is 91.2 Å². The van der Waals surface area contributed by atoms with Crippen LogP contribution in [0.2, 0.25) is 0 Å². The molecule has 0 aliphatic heterocycles. The lowest BCUT2D eigenvalue weighted by Gasteiger charge is -2.35. The number of fused-ring (bicyclic) bond motifs is 1. The summed E-state index contributed by atoms with van der Waals surface area (Å²) in [6.07, 6.45) is -1.46. The zero-order valence-corrected chi connectivity index (χ0v) is 18.1. The van der Waals surface area contributed by atoms with E-state index in [9.17, 15) is 28.0 Å². The van der Waals surface area contributed by atoms with Crippen LogP contribution in [0.5, 0.6) is 0 Å². The van der Waals surface area contributed by atoms with Crippen LogP contribution in [-0.4, -0.2) is 30.3 Å². The number of esters is 1. The third-order valence-electron chi connectivity index (χ3n) is 4.76. The second-order valence-corrected chi connectivity index (χ2v) is 8.72. The molecule has 1 atom stereocenters. The molecule has 0 unspecified atom stereocenters. The van der Waals surface area contributed by atoms with Gasteiger partial charge in [-0.15, -0.1) is 11.3 Å². The largest absolute Gasteiger partial charge is 0.463 e. The van der Waals surface area contributed by atoms with Crippen molar-refractivity contribution in [1.82, 2.24) is 5.32 Å². The molecule has 0 aromatic carbocycles. The molecular weight excluding hydrogens is 419 g/mol. The molecule has 0 radical (unpaired) electrons. The zero-order chi connectivity index (χ0) is 22.5. The summed E-state index contributed by atoms with van der Waals surface area (Å²) in [5, 5.41) is 13.6. The summed E-state index contributed by atoms with van der Waals surface area (Å²) in [4.78, 5) is 25.7. The molecule has 1 aromatic rings. The van der Waals surface area contributed by atoms with E-state index in [0.29, 0.717) is 12.8 Å². The van der Waals surface area contributed by atoms with E-state index in [1.165, 1.54) is 6.92 Å². The number of alkyl halides is 3. The SMILES string of the molecule is CCOC(=O)[C@@](NC(=O)CC(C)C)(Nc1sc2c(c1C#N)CCCCC2)C(F)(F)F. The number of halogens is 3. The summed E-state index contributed by atoms with van der Waals surface area (Å²) in [5.41, 5.74) is -2.67. The number of nitrogens with zero attached hydrogens (tertiary/aromatic N) is 1. The second-order valence-electron chi connectivity index (χ2n) is 7.62. The molecule has 1 aliphatic rings. The van der Waals surface area contributed by atoms with Gasteiger partial charge in [-0.25, -0.2) is 4.79 Å². The maximum atomic E-state index is 14.3. The number of nitriles is 1. The standard InChI is InChI=1S/C20H26F3N3O3S/c1-4-29-18(28)19(20(21,22)23,25-16(27)10-12(2)3)26-17-14(11-24)13-8-6-5-7-9-15(13)30-17/h12,26H,4-10H2,1-3H3,(H,25,27)/t19-/m1/s1. The van der Waals surface area contributed by atoms with Gasteiger partial charge in [-0.3, -0.25) is 4.79 Å². The summed E-state index contributed by atoms with van der Waals surface area (Å²) < 4.78 is 47.5. The fourth-order valence-corrected chi connectivity index (χ4v) is 4.68. The van der Waals surface area contributed by atoms with Crippen molar-refractivity contribution in [1.29, 1.82) is 5.26 Å². The lowest BCUT2D eigenvalue weighted by Crippen LogP contribution is -2.69. The molecule has 0 saturated heterocycles. The molecule has 10 heteroatoms. The Balaban J connectivity index is 2.55. The number of amides is 1. The second kappa shape index (κ2) is 9.69. The van der Waals surface area contributed by atoms with Crippen LogP contribution < -0.4 is 10.6 Å². The first kappa shape index (κ1) is 24.0. The van der Waals surface area contributed by atoms with Crippen LogP contribution in [0, 0.1) is 17.2 Å². The highest BCUT2D eigenvalue weighted by atomic mass is 32.1. The molecule has 6 nitrogen and oxygen atoms in total. The number of anilines is 1. The summed E-state index contributed by atoms with van der Waals surface area (Å²) in [7, 11) is 0. The molecule has 0 saturated carbocycles. The van der Waals surface area contributed by atoms with E-state index in [1.807, 2.05) is 11.4 Å². The number of nitrogens with one attached hydrogen (secondary N) is 2. The van der Waals surface area contributed by atoms with Crippen LogP contribution in [0.4, 0.5) is 18.2 Å². The normalized spacial score (nSPS) is 16.1. The number of carbonyl (C=O) groups excluding carboxylic acids is 2.